The van der Waals surface area contributed by atoms with Crippen molar-refractivity contribution in [3.8, 4) is 5.75 Å². The lowest BCUT2D eigenvalue weighted by atomic mass is 9.99. The van der Waals surface area contributed by atoms with Gasteiger partial charge in [-0.25, -0.2) is 4.79 Å². The van der Waals surface area contributed by atoms with Crippen LogP contribution in [0.3, 0.4) is 0 Å². The molecule has 0 bridgehead atoms. The second kappa shape index (κ2) is 7.41. The standard InChI is InChI=1S/C18H19NO3/c1-3-10-22-15-7-8-16(13(2)11-15)17(18(20)21)12-14-6-4-5-9-19-14/h4-9,11-12H,3,10H2,1-2H3,(H,20,21)/b17-12-. The van der Waals surface area contributed by atoms with E-state index in [9.17, 15) is 9.90 Å². The number of aliphatic carboxylic acids is 1. The van der Waals surface area contributed by atoms with Gasteiger partial charge in [0.15, 0.2) is 0 Å². The van der Waals surface area contributed by atoms with Crippen molar-refractivity contribution < 1.29 is 14.6 Å². The van der Waals surface area contributed by atoms with Crippen LogP contribution in [0.5, 0.6) is 5.75 Å². The van der Waals surface area contributed by atoms with Crippen LogP contribution in [0.15, 0.2) is 42.6 Å². The Morgan fingerprint density at radius 3 is 2.73 bits per heavy atom. The number of aromatic nitrogens is 1. The molecule has 0 amide bonds. The summed E-state index contributed by atoms with van der Waals surface area (Å²) in [7, 11) is 0. The average Bonchev–Trinajstić information content (AvgIpc) is 2.52. The Morgan fingerprint density at radius 1 is 1.32 bits per heavy atom. The quantitative estimate of drug-likeness (QED) is 0.824. The van der Waals surface area contributed by atoms with Gasteiger partial charge in [0.2, 0.25) is 0 Å². The van der Waals surface area contributed by atoms with Gasteiger partial charge in [0, 0.05) is 6.20 Å². The van der Waals surface area contributed by atoms with Gasteiger partial charge in [-0.2, -0.15) is 0 Å². The molecule has 1 aromatic heterocycles. The van der Waals surface area contributed by atoms with Crippen LogP contribution in [-0.4, -0.2) is 22.7 Å². The van der Waals surface area contributed by atoms with Gasteiger partial charge in [0.25, 0.3) is 0 Å². The normalized spacial score (nSPS) is 11.3. The molecule has 0 spiro atoms. The molecule has 2 aromatic rings. The lowest BCUT2D eigenvalue weighted by molar-refractivity contribution is -0.130. The number of carboxylic acids is 1. The second-order valence-electron chi connectivity index (χ2n) is 4.94. The zero-order valence-corrected chi connectivity index (χ0v) is 12.7. The molecule has 0 saturated heterocycles. The summed E-state index contributed by atoms with van der Waals surface area (Å²) in [4.78, 5) is 15.7. The number of benzene rings is 1. The molecule has 4 heteroatoms. The smallest absolute Gasteiger partial charge is 0.336 e. The minimum absolute atomic E-state index is 0.221. The van der Waals surface area contributed by atoms with Gasteiger partial charge in [-0.3, -0.25) is 4.98 Å². The van der Waals surface area contributed by atoms with E-state index >= 15 is 0 Å². The van der Waals surface area contributed by atoms with Gasteiger partial charge < -0.3 is 9.84 Å². The summed E-state index contributed by atoms with van der Waals surface area (Å²) >= 11 is 0. The first-order valence-electron chi connectivity index (χ1n) is 7.21. The fourth-order valence-corrected chi connectivity index (χ4v) is 2.11. The maximum absolute atomic E-state index is 11.6. The van der Waals surface area contributed by atoms with E-state index in [1.54, 1.807) is 36.5 Å². The number of aryl methyl sites for hydroxylation is 1. The average molecular weight is 297 g/mol. The summed E-state index contributed by atoms with van der Waals surface area (Å²) in [6.07, 6.45) is 4.15. The van der Waals surface area contributed by atoms with E-state index in [-0.39, 0.29) is 5.57 Å². The van der Waals surface area contributed by atoms with Crippen LogP contribution in [-0.2, 0) is 4.79 Å². The van der Waals surface area contributed by atoms with Crippen molar-refractivity contribution >= 4 is 17.6 Å². The second-order valence-corrected chi connectivity index (χ2v) is 4.94. The van der Waals surface area contributed by atoms with Crippen molar-refractivity contribution in [3.05, 3.63) is 59.4 Å². The van der Waals surface area contributed by atoms with E-state index in [0.717, 1.165) is 17.7 Å². The molecule has 0 aliphatic carbocycles. The van der Waals surface area contributed by atoms with Crippen LogP contribution in [0.1, 0.15) is 30.2 Å². The third-order valence-corrected chi connectivity index (χ3v) is 3.17. The number of pyridine rings is 1. The lowest BCUT2D eigenvalue weighted by Gasteiger charge is -2.10. The number of hydrogen-bond acceptors (Lipinski definition) is 3. The number of hydrogen-bond donors (Lipinski definition) is 1. The molecule has 1 heterocycles. The third kappa shape index (κ3) is 3.95. The number of carbonyl (C=O) groups is 1. The Morgan fingerprint density at radius 2 is 2.14 bits per heavy atom. The monoisotopic (exact) mass is 297 g/mol. The highest BCUT2D eigenvalue weighted by Crippen LogP contribution is 2.25. The highest BCUT2D eigenvalue weighted by molar-refractivity contribution is 6.20. The van der Waals surface area contributed by atoms with Crippen molar-refractivity contribution in [2.45, 2.75) is 20.3 Å². The molecular weight excluding hydrogens is 278 g/mol. The SMILES string of the molecule is CCCOc1ccc(/C(=C/c2ccccn2)C(=O)O)c(C)c1. The lowest BCUT2D eigenvalue weighted by Crippen LogP contribution is -2.03. The van der Waals surface area contributed by atoms with E-state index in [2.05, 4.69) is 4.98 Å². The number of nitrogens with zero attached hydrogens (tertiary/aromatic N) is 1. The molecule has 0 saturated carbocycles. The Hall–Kier alpha value is -2.62. The Kier molecular flexibility index (Phi) is 5.31. The van der Waals surface area contributed by atoms with Crippen LogP contribution in [0.25, 0.3) is 11.6 Å². The molecule has 0 aliphatic heterocycles. The van der Waals surface area contributed by atoms with E-state index in [4.69, 9.17) is 4.74 Å². The molecule has 0 atom stereocenters. The third-order valence-electron chi connectivity index (χ3n) is 3.17. The first kappa shape index (κ1) is 15.8. The molecular formula is C18H19NO3. The van der Waals surface area contributed by atoms with Gasteiger partial charge >= 0.3 is 5.97 Å². The fraction of sp³-hybridized carbons (Fsp3) is 0.222. The largest absolute Gasteiger partial charge is 0.494 e. The van der Waals surface area contributed by atoms with Crippen LogP contribution in [0.4, 0.5) is 0 Å². The van der Waals surface area contributed by atoms with Gasteiger partial charge in [-0.15, -0.1) is 0 Å². The zero-order chi connectivity index (χ0) is 15.9. The predicted molar refractivity (Wildman–Crippen MR) is 86.7 cm³/mol. The van der Waals surface area contributed by atoms with E-state index in [1.807, 2.05) is 26.0 Å². The molecule has 4 nitrogen and oxygen atoms in total. The number of ether oxygens (including phenoxy) is 1. The molecule has 0 radical (unpaired) electrons. The van der Waals surface area contributed by atoms with Gasteiger partial charge in [0.1, 0.15) is 5.75 Å². The summed E-state index contributed by atoms with van der Waals surface area (Å²) in [6, 6.07) is 10.8. The van der Waals surface area contributed by atoms with Crippen molar-refractivity contribution in [1.82, 2.24) is 4.98 Å². The van der Waals surface area contributed by atoms with Crippen molar-refractivity contribution in [1.29, 1.82) is 0 Å². The predicted octanol–water partition coefficient (Wildman–Crippen LogP) is 3.80. The maximum atomic E-state index is 11.6. The highest BCUT2D eigenvalue weighted by Gasteiger charge is 2.14. The molecule has 2 rings (SSSR count). The van der Waals surface area contributed by atoms with E-state index < -0.39 is 5.97 Å². The first-order chi connectivity index (χ1) is 10.6. The summed E-state index contributed by atoms with van der Waals surface area (Å²) in [5.74, 6) is -0.221. The zero-order valence-electron chi connectivity index (χ0n) is 12.7. The van der Waals surface area contributed by atoms with Crippen LogP contribution in [0.2, 0.25) is 0 Å². The summed E-state index contributed by atoms with van der Waals surface area (Å²) in [5, 5.41) is 9.50. The molecule has 22 heavy (non-hydrogen) atoms. The van der Waals surface area contributed by atoms with E-state index in [0.29, 0.717) is 17.9 Å². The first-order valence-corrected chi connectivity index (χ1v) is 7.21. The molecule has 0 unspecified atom stereocenters. The molecule has 0 fully saturated rings. The van der Waals surface area contributed by atoms with Crippen LogP contribution < -0.4 is 4.74 Å². The van der Waals surface area contributed by atoms with Gasteiger partial charge in [-0.1, -0.05) is 19.1 Å². The highest BCUT2D eigenvalue weighted by atomic mass is 16.5. The molecule has 1 aromatic carbocycles. The maximum Gasteiger partial charge on any atom is 0.336 e. The molecule has 114 valence electrons. The van der Waals surface area contributed by atoms with Crippen LogP contribution in [0, 0.1) is 6.92 Å². The van der Waals surface area contributed by atoms with Crippen molar-refractivity contribution in [3.63, 3.8) is 0 Å². The fourth-order valence-electron chi connectivity index (χ4n) is 2.11. The number of carboxylic acid groups (broad SMARTS) is 1. The molecule has 1 N–H and O–H groups in total. The minimum atomic E-state index is -0.976. The van der Waals surface area contributed by atoms with Gasteiger partial charge in [0.05, 0.1) is 17.9 Å². The summed E-state index contributed by atoms with van der Waals surface area (Å²) in [6.45, 7) is 4.57. The van der Waals surface area contributed by atoms with E-state index in [1.165, 1.54) is 0 Å². The Bertz CT molecular complexity index is 678. The van der Waals surface area contributed by atoms with Crippen molar-refractivity contribution in [2.75, 3.05) is 6.61 Å². The molecule has 0 aliphatic rings. The van der Waals surface area contributed by atoms with Crippen LogP contribution >= 0.6 is 0 Å². The topological polar surface area (TPSA) is 59.4 Å². The summed E-state index contributed by atoms with van der Waals surface area (Å²) < 4.78 is 5.57. The van der Waals surface area contributed by atoms with Crippen molar-refractivity contribution in [2.24, 2.45) is 0 Å². The minimum Gasteiger partial charge on any atom is -0.494 e. The summed E-state index contributed by atoms with van der Waals surface area (Å²) in [5.41, 5.74) is 2.36. The Balaban J connectivity index is 2.37. The number of rotatable bonds is 6. The Labute approximate surface area is 130 Å². The van der Waals surface area contributed by atoms with Gasteiger partial charge in [-0.05, 0) is 54.8 Å².